The standard InChI is InChI=1S/C18H21N3O/c1-12-5-6-16-14(10-12)11-17(21-16)18(22)20-9-7-15-13(2)4-3-8-19-15/h3-6,8,10,17,21H,7,9,11H2,1-2H3,(H,20,22)/t17-/m0/s1. The molecule has 4 nitrogen and oxygen atoms in total. The third-order valence-corrected chi connectivity index (χ3v) is 4.11. The molecule has 0 spiro atoms. The Labute approximate surface area is 131 Å². The van der Waals surface area contributed by atoms with E-state index in [-0.39, 0.29) is 11.9 Å². The van der Waals surface area contributed by atoms with Crippen LogP contribution in [0.15, 0.2) is 36.5 Å². The van der Waals surface area contributed by atoms with Crippen LogP contribution in [0, 0.1) is 13.8 Å². The Balaban J connectivity index is 1.53. The van der Waals surface area contributed by atoms with E-state index in [4.69, 9.17) is 0 Å². The molecule has 1 aromatic heterocycles. The molecule has 1 amide bonds. The highest BCUT2D eigenvalue weighted by Crippen LogP contribution is 2.26. The van der Waals surface area contributed by atoms with E-state index in [2.05, 4.69) is 40.7 Å². The van der Waals surface area contributed by atoms with Crippen LogP contribution in [0.25, 0.3) is 0 Å². The van der Waals surface area contributed by atoms with Gasteiger partial charge in [0.1, 0.15) is 6.04 Å². The first-order valence-corrected chi connectivity index (χ1v) is 7.68. The maximum atomic E-state index is 12.3. The molecule has 0 radical (unpaired) electrons. The third-order valence-electron chi connectivity index (χ3n) is 4.11. The van der Waals surface area contributed by atoms with E-state index in [1.165, 1.54) is 16.7 Å². The molecule has 1 aliphatic rings. The molecule has 0 fully saturated rings. The van der Waals surface area contributed by atoms with Crippen LogP contribution in [0.2, 0.25) is 0 Å². The van der Waals surface area contributed by atoms with Crippen molar-refractivity contribution in [3.63, 3.8) is 0 Å². The summed E-state index contributed by atoms with van der Waals surface area (Å²) in [5.41, 5.74) is 5.74. The van der Waals surface area contributed by atoms with E-state index in [1.54, 1.807) is 6.20 Å². The predicted molar refractivity (Wildman–Crippen MR) is 88.0 cm³/mol. The molecular formula is C18H21N3O. The molecule has 3 rings (SSSR count). The van der Waals surface area contributed by atoms with Gasteiger partial charge in [-0.15, -0.1) is 0 Å². The molecule has 0 bridgehead atoms. The minimum absolute atomic E-state index is 0.0578. The Morgan fingerprint density at radius 3 is 3.05 bits per heavy atom. The number of nitrogens with one attached hydrogen (secondary N) is 2. The van der Waals surface area contributed by atoms with Gasteiger partial charge in [-0.1, -0.05) is 23.8 Å². The van der Waals surface area contributed by atoms with Crippen molar-refractivity contribution in [2.75, 3.05) is 11.9 Å². The molecule has 4 heteroatoms. The first-order chi connectivity index (χ1) is 10.6. The Hall–Kier alpha value is -2.36. The van der Waals surface area contributed by atoms with Crippen molar-refractivity contribution in [2.45, 2.75) is 32.7 Å². The van der Waals surface area contributed by atoms with Gasteiger partial charge in [0.2, 0.25) is 5.91 Å². The average molecular weight is 295 g/mol. The molecule has 1 aliphatic heterocycles. The lowest BCUT2D eigenvalue weighted by molar-refractivity contribution is -0.121. The van der Waals surface area contributed by atoms with E-state index in [0.29, 0.717) is 6.54 Å². The van der Waals surface area contributed by atoms with Crippen molar-refractivity contribution in [1.82, 2.24) is 10.3 Å². The first kappa shape index (κ1) is 14.6. The van der Waals surface area contributed by atoms with Gasteiger partial charge in [0.05, 0.1) is 0 Å². The summed E-state index contributed by atoms with van der Waals surface area (Å²) in [5, 5.41) is 6.30. The van der Waals surface area contributed by atoms with Gasteiger partial charge in [-0.2, -0.15) is 0 Å². The average Bonchev–Trinajstić information content (AvgIpc) is 2.92. The van der Waals surface area contributed by atoms with Gasteiger partial charge in [-0.3, -0.25) is 9.78 Å². The molecule has 114 valence electrons. The number of nitrogens with zero attached hydrogens (tertiary/aromatic N) is 1. The number of amides is 1. The summed E-state index contributed by atoms with van der Waals surface area (Å²) in [7, 11) is 0. The fourth-order valence-electron chi connectivity index (χ4n) is 2.86. The molecule has 0 unspecified atom stereocenters. The number of fused-ring (bicyclic) bond motifs is 1. The van der Waals surface area contributed by atoms with Crippen LogP contribution in [0.4, 0.5) is 5.69 Å². The van der Waals surface area contributed by atoms with Gasteiger partial charge < -0.3 is 10.6 Å². The topological polar surface area (TPSA) is 54.0 Å². The Morgan fingerprint density at radius 1 is 1.36 bits per heavy atom. The number of benzene rings is 1. The zero-order valence-electron chi connectivity index (χ0n) is 13.0. The number of rotatable bonds is 4. The summed E-state index contributed by atoms with van der Waals surface area (Å²) in [5.74, 6) is 0.0578. The monoisotopic (exact) mass is 295 g/mol. The summed E-state index contributed by atoms with van der Waals surface area (Å²) in [6.45, 7) is 4.73. The number of aryl methyl sites for hydroxylation is 2. The zero-order chi connectivity index (χ0) is 15.5. The lowest BCUT2D eigenvalue weighted by Gasteiger charge is -2.12. The quantitative estimate of drug-likeness (QED) is 0.910. The Morgan fingerprint density at radius 2 is 2.23 bits per heavy atom. The van der Waals surface area contributed by atoms with Crippen molar-refractivity contribution in [3.8, 4) is 0 Å². The summed E-state index contributed by atoms with van der Waals surface area (Å²) >= 11 is 0. The zero-order valence-corrected chi connectivity index (χ0v) is 13.0. The van der Waals surface area contributed by atoms with Crippen molar-refractivity contribution < 1.29 is 4.79 Å². The molecule has 0 aliphatic carbocycles. The summed E-state index contributed by atoms with van der Waals surface area (Å²) < 4.78 is 0. The van der Waals surface area contributed by atoms with Crippen molar-refractivity contribution in [3.05, 3.63) is 58.9 Å². The van der Waals surface area contributed by atoms with E-state index >= 15 is 0 Å². The van der Waals surface area contributed by atoms with E-state index < -0.39 is 0 Å². The molecular weight excluding hydrogens is 274 g/mol. The normalized spacial score (nSPS) is 16.0. The number of hydrogen-bond acceptors (Lipinski definition) is 3. The number of aromatic nitrogens is 1. The SMILES string of the molecule is Cc1ccc2c(c1)C[C@@H](C(=O)NCCc1ncccc1C)N2. The second-order valence-electron chi connectivity index (χ2n) is 5.87. The van der Waals surface area contributed by atoms with E-state index in [9.17, 15) is 4.79 Å². The first-order valence-electron chi connectivity index (χ1n) is 7.68. The van der Waals surface area contributed by atoms with Gasteiger partial charge >= 0.3 is 0 Å². The number of carbonyl (C=O) groups is 1. The smallest absolute Gasteiger partial charge is 0.242 e. The molecule has 2 N–H and O–H groups in total. The molecule has 0 saturated heterocycles. The largest absolute Gasteiger partial charge is 0.373 e. The minimum Gasteiger partial charge on any atom is -0.373 e. The highest BCUT2D eigenvalue weighted by molar-refractivity contribution is 5.87. The van der Waals surface area contributed by atoms with Gasteiger partial charge in [0, 0.05) is 37.0 Å². The Bertz CT molecular complexity index is 696. The summed E-state index contributed by atoms with van der Waals surface area (Å²) in [6, 6.07) is 10.1. The van der Waals surface area contributed by atoms with Gasteiger partial charge in [-0.25, -0.2) is 0 Å². The maximum Gasteiger partial charge on any atom is 0.242 e. The van der Waals surface area contributed by atoms with Crippen LogP contribution in [0.3, 0.4) is 0 Å². The van der Waals surface area contributed by atoms with Crippen LogP contribution in [-0.4, -0.2) is 23.5 Å². The molecule has 22 heavy (non-hydrogen) atoms. The minimum atomic E-state index is -0.165. The van der Waals surface area contributed by atoms with Crippen LogP contribution in [0.5, 0.6) is 0 Å². The van der Waals surface area contributed by atoms with E-state index in [1.807, 2.05) is 19.1 Å². The predicted octanol–water partition coefficient (Wildman–Crippen LogP) is 2.39. The summed E-state index contributed by atoms with van der Waals surface area (Å²) in [6.07, 6.45) is 3.31. The second kappa shape index (κ2) is 6.18. The number of carbonyl (C=O) groups excluding carboxylic acids is 1. The van der Waals surface area contributed by atoms with Crippen LogP contribution >= 0.6 is 0 Å². The third kappa shape index (κ3) is 3.11. The highest BCUT2D eigenvalue weighted by atomic mass is 16.2. The lowest BCUT2D eigenvalue weighted by Crippen LogP contribution is -2.39. The molecule has 1 aromatic carbocycles. The summed E-state index contributed by atoms with van der Waals surface area (Å²) in [4.78, 5) is 16.6. The van der Waals surface area contributed by atoms with Crippen LogP contribution in [0.1, 0.15) is 22.4 Å². The van der Waals surface area contributed by atoms with Gasteiger partial charge in [0.15, 0.2) is 0 Å². The fourth-order valence-corrected chi connectivity index (χ4v) is 2.86. The van der Waals surface area contributed by atoms with Crippen LogP contribution in [-0.2, 0) is 17.6 Å². The number of hydrogen-bond donors (Lipinski definition) is 2. The molecule has 0 saturated carbocycles. The van der Waals surface area contributed by atoms with Crippen molar-refractivity contribution in [1.29, 1.82) is 0 Å². The van der Waals surface area contributed by atoms with Crippen molar-refractivity contribution >= 4 is 11.6 Å². The number of pyridine rings is 1. The fraction of sp³-hybridized carbons (Fsp3) is 0.333. The van der Waals surface area contributed by atoms with Gasteiger partial charge in [0.25, 0.3) is 0 Å². The highest BCUT2D eigenvalue weighted by Gasteiger charge is 2.26. The maximum absolute atomic E-state index is 12.3. The van der Waals surface area contributed by atoms with Gasteiger partial charge in [-0.05, 0) is 37.1 Å². The van der Waals surface area contributed by atoms with Crippen LogP contribution < -0.4 is 10.6 Å². The second-order valence-corrected chi connectivity index (χ2v) is 5.87. The van der Waals surface area contributed by atoms with E-state index in [0.717, 1.165) is 24.2 Å². The van der Waals surface area contributed by atoms with Crippen molar-refractivity contribution in [2.24, 2.45) is 0 Å². The molecule has 2 heterocycles. The molecule has 1 atom stereocenters. The lowest BCUT2D eigenvalue weighted by atomic mass is 10.1. The Kier molecular flexibility index (Phi) is 4.09. The molecule has 2 aromatic rings. The number of anilines is 1.